The number of unbranched alkanes of at least 4 members (excludes halogenated alkanes) is 12. The first-order chi connectivity index (χ1) is 25.3. The predicted molar refractivity (Wildman–Crippen MR) is 209 cm³/mol. The molecule has 0 spiro atoms. The summed E-state index contributed by atoms with van der Waals surface area (Å²) in [5.74, 6) is 0. The molecule has 0 aromatic carbocycles. The zero-order chi connectivity index (χ0) is 38.3. The van der Waals surface area contributed by atoms with Crippen molar-refractivity contribution < 1.29 is 52.5 Å². The Hall–Kier alpha value is -0.440. The lowest BCUT2D eigenvalue weighted by Gasteiger charge is -2.22. The molecule has 0 heterocycles. The molecule has 0 saturated carbocycles. The molecule has 11 heteroatoms. The van der Waals surface area contributed by atoms with Gasteiger partial charge in [0.05, 0.1) is 129 Å². The summed E-state index contributed by atoms with van der Waals surface area (Å²) in [7, 11) is 0. The van der Waals surface area contributed by atoms with E-state index in [1.807, 2.05) is 34.6 Å². The number of hydrogen-bond donors (Lipinski definition) is 1. The molecule has 6 unspecified atom stereocenters. The topological polar surface area (TPSA) is 113 Å². The lowest BCUT2D eigenvalue weighted by Crippen LogP contribution is -2.30. The summed E-state index contributed by atoms with van der Waals surface area (Å²) in [6.45, 7) is 21.6. The molecule has 0 radical (unpaired) electrons. The maximum atomic E-state index is 8.64. The van der Waals surface area contributed by atoms with Crippen molar-refractivity contribution in [2.75, 3.05) is 99.1 Å². The maximum Gasteiger partial charge on any atom is 0.0781 e. The van der Waals surface area contributed by atoms with E-state index in [1.54, 1.807) is 0 Å². The summed E-state index contributed by atoms with van der Waals surface area (Å²) in [6, 6.07) is 0. The van der Waals surface area contributed by atoms with Crippen LogP contribution in [0, 0.1) is 0 Å². The van der Waals surface area contributed by atoms with Crippen LogP contribution < -0.4 is 0 Å². The summed E-state index contributed by atoms with van der Waals surface area (Å²) < 4.78 is 57.3. The Labute approximate surface area is 319 Å². The molecule has 314 valence electrons. The third-order valence-corrected chi connectivity index (χ3v) is 8.43. The Morgan fingerprint density at radius 3 is 1.00 bits per heavy atom. The van der Waals surface area contributed by atoms with Gasteiger partial charge in [-0.1, -0.05) is 84.0 Å². The normalized spacial score (nSPS) is 15.5. The first kappa shape index (κ1) is 51.6. The smallest absolute Gasteiger partial charge is 0.0781 e. The van der Waals surface area contributed by atoms with Gasteiger partial charge in [0.25, 0.3) is 0 Å². The first-order valence-corrected chi connectivity index (χ1v) is 20.9. The highest BCUT2D eigenvalue weighted by atomic mass is 16.6. The minimum atomic E-state index is -0.0585. The zero-order valence-corrected chi connectivity index (χ0v) is 34.8. The van der Waals surface area contributed by atoms with Crippen molar-refractivity contribution in [3.05, 3.63) is 0 Å². The molecule has 52 heavy (non-hydrogen) atoms. The minimum absolute atomic E-state index is 0.0193. The Bertz CT molecular complexity index is 689. The molecule has 0 fully saturated rings. The third kappa shape index (κ3) is 39.3. The average Bonchev–Trinajstić information content (AvgIpc) is 3.14. The molecule has 0 aromatic heterocycles. The van der Waals surface area contributed by atoms with Gasteiger partial charge in [-0.25, -0.2) is 0 Å². The summed E-state index contributed by atoms with van der Waals surface area (Å²) in [5, 5.41) is 8.64. The van der Waals surface area contributed by atoms with E-state index in [-0.39, 0.29) is 43.2 Å². The Balaban J connectivity index is 3.61. The highest BCUT2D eigenvalue weighted by Gasteiger charge is 2.14. The van der Waals surface area contributed by atoms with Gasteiger partial charge < -0.3 is 52.5 Å². The van der Waals surface area contributed by atoms with Crippen LogP contribution in [-0.4, -0.2) is 141 Å². The van der Waals surface area contributed by atoms with Crippen LogP contribution in [0.15, 0.2) is 0 Å². The van der Waals surface area contributed by atoms with Crippen molar-refractivity contribution in [2.24, 2.45) is 0 Å². The van der Waals surface area contributed by atoms with Crippen LogP contribution in [0.25, 0.3) is 0 Å². The van der Waals surface area contributed by atoms with Gasteiger partial charge in [-0.05, 0) is 48.0 Å². The van der Waals surface area contributed by atoms with E-state index in [4.69, 9.17) is 52.5 Å². The van der Waals surface area contributed by atoms with Gasteiger partial charge in [0.15, 0.2) is 0 Å². The molecule has 0 aliphatic carbocycles. The fraction of sp³-hybridized carbons (Fsp3) is 1.00. The van der Waals surface area contributed by atoms with Crippen LogP contribution in [0.4, 0.5) is 0 Å². The molecule has 6 atom stereocenters. The molecule has 0 aromatic rings. The lowest BCUT2D eigenvalue weighted by molar-refractivity contribution is -0.105. The van der Waals surface area contributed by atoms with Crippen molar-refractivity contribution in [3.8, 4) is 0 Å². The Morgan fingerprint density at radius 1 is 0.308 bits per heavy atom. The highest BCUT2D eigenvalue weighted by Crippen LogP contribution is 2.13. The van der Waals surface area contributed by atoms with E-state index in [9.17, 15) is 0 Å². The summed E-state index contributed by atoms with van der Waals surface area (Å²) in [5.41, 5.74) is 0. The van der Waals surface area contributed by atoms with Gasteiger partial charge in [0.1, 0.15) is 0 Å². The largest absolute Gasteiger partial charge is 0.394 e. The fourth-order valence-electron chi connectivity index (χ4n) is 5.17. The van der Waals surface area contributed by atoms with Crippen LogP contribution in [-0.2, 0) is 47.4 Å². The second-order valence-electron chi connectivity index (χ2n) is 14.3. The monoisotopic (exact) mass is 753 g/mol. The maximum absolute atomic E-state index is 8.64. The molecule has 0 bridgehead atoms. The van der Waals surface area contributed by atoms with E-state index < -0.39 is 0 Å². The van der Waals surface area contributed by atoms with Gasteiger partial charge in [-0.15, -0.1) is 0 Å². The third-order valence-electron chi connectivity index (χ3n) is 8.43. The minimum Gasteiger partial charge on any atom is -0.394 e. The van der Waals surface area contributed by atoms with E-state index >= 15 is 0 Å². The molecule has 0 saturated heterocycles. The lowest BCUT2D eigenvalue weighted by atomic mass is 10.0. The van der Waals surface area contributed by atoms with E-state index in [0.29, 0.717) is 85.9 Å². The number of ether oxygens (including phenoxy) is 10. The first-order valence-electron chi connectivity index (χ1n) is 20.9. The number of rotatable bonds is 43. The highest BCUT2D eigenvalue weighted by molar-refractivity contribution is 4.59. The SMILES string of the molecule is CCCCCCCCCCCCCCCOCC(C)OCC(C)OCC(C)OCC(C)OCC(C)OCC(C)OCCOCCOCCOCCO. The zero-order valence-electron chi connectivity index (χ0n) is 34.8. The van der Waals surface area contributed by atoms with Gasteiger partial charge >= 0.3 is 0 Å². The van der Waals surface area contributed by atoms with E-state index in [2.05, 4.69) is 13.8 Å². The predicted octanol–water partition coefficient (Wildman–Crippen LogP) is 7.57. The average molecular weight is 753 g/mol. The van der Waals surface area contributed by atoms with Crippen LogP contribution in [0.1, 0.15) is 132 Å². The fourth-order valence-corrected chi connectivity index (χ4v) is 5.17. The van der Waals surface area contributed by atoms with Gasteiger partial charge in [-0.2, -0.15) is 0 Å². The standard InChI is InChI=1S/C41H84O11/c1-8-9-10-11-12-13-14-15-16-17-18-19-20-22-46-30-36(2)48-32-38(4)50-34-40(6)52-35-41(7)51-33-39(5)49-31-37(3)47-29-28-45-27-26-44-25-24-43-23-21-42/h36-42H,8-35H2,1-7H3. The molecule has 0 rings (SSSR count). The van der Waals surface area contributed by atoms with Gasteiger partial charge in [-0.3, -0.25) is 0 Å². The summed E-state index contributed by atoms with van der Waals surface area (Å²) in [4.78, 5) is 0. The number of hydrogen-bond acceptors (Lipinski definition) is 11. The quantitative estimate of drug-likeness (QED) is 0.0623. The second kappa shape index (κ2) is 40.2. The molecule has 1 N–H and O–H groups in total. The Morgan fingerprint density at radius 2 is 0.615 bits per heavy atom. The molecule has 0 amide bonds. The van der Waals surface area contributed by atoms with E-state index in [0.717, 1.165) is 13.0 Å². The van der Waals surface area contributed by atoms with Crippen LogP contribution >= 0.6 is 0 Å². The van der Waals surface area contributed by atoms with E-state index in [1.165, 1.54) is 77.0 Å². The molecular weight excluding hydrogens is 668 g/mol. The molecular formula is C41H84O11. The Kier molecular flexibility index (Phi) is 39.9. The van der Waals surface area contributed by atoms with Crippen LogP contribution in [0.5, 0.6) is 0 Å². The molecule has 0 aliphatic heterocycles. The molecule has 11 nitrogen and oxygen atoms in total. The summed E-state index contributed by atoms with van der Waals surface area (Å²) in [6.07, 6.45) is 17.5. The van der Waals surface area contributed by atoms with Gasteiger partial charge in [0, 0.05) is 6.61 Å². The van der Waals surface area contributed by atoms with Crippen molar-refractivity contribution in [1.82, 2.24) is 0 Å². The van der Waals surface area contributed by atoms with Crippen molar-refractivity contribution in [3.63, 3.8) is 0 Å². The van der Waals surface area contributed by atoms with Crippen molar-refractivity contribution in [1.29, 1.82) is 0 Å². The van der Waals surface area contributed by atoms with Crippen molar-refractivity contribution in [2.45, 2.75) is 169 Å². The second-order valence-corrected chi connectivity index (χ2v) is 14.3. The van der Waals surface area contributed by atoms with Crippen molar-refractivity contribution >= 4 is 0 Å². The van der Waals surface area contributed by atoms with Gasteiger partial charge in [0.2, 0.25) is 0 Å². The number of aliphatic hydroxyl groups is 1. The van der Waals surface area contributed by atoms with Crippen LogP contribution in [0.2, 0.25) is 0 Å². The summed E-state index contributed by atoms with van der Waals surface area (Å²) >= 11 is 0. The molecule has 0 aliphatic rings. The van der Waals surface area contributed by atoms with Crippen LogP contribution in [0.3, 0.4) is 0 Å². The number of aliphatic hydroxyl groups excluding tert-OH is 1.